The van der Waals surface area contributed by atoms with Crippen molar-refractivity contribution in [3.8, 4) is 5.75 Å². The van der Waals surface area contributed by atoms with E-state index in [0.717, 1.165) is 5.56 Å². The molecule has 2 aromatic rings. The van der Waals surface area contributed by atoms with Crippen molar-refractivity contribution in [1.82, 2.24) is 4.98 Å². The predicted octanol–water partition coefficient (Wildman–Crippen LogP) is 2.72. The van der Waals surface area contributed by atoms with Crippen molar-refractivity contribution < 1.29 is 9.90 Å². The largest absolute Gasteiger partial charge is 0.506 e. The Hall–Kier alpha value is -1.88. The number of carbonyl (C=O) groups is 1. The minimum Gasteiger partial charge on any atom is -0.506 e. The number of amides is 1. The fraction of sp³-hybridized carbons (Fsp3) is 0.167. The summed E-state index contributed by atoms with van der Waals surface area (Å²) in [5, 5.41) is 12.3. The average Bonchev–Trinajstić information content (AvgIpc) is 2.68. The molecule has 5 heteroatoms. The third-order valence-corrected chi connectivity index (χ3v) is 3.28. The lowest BCUT2D eigenvalue weighted by Crippen LogP contribution is -2.11. The minimum atomic E-state index is -0.246. The van der Waals surface area contributed by atoms with Crippen LogP contribution in [0.3, 0.4) is 0 Å². The third-order valence-electron chi connectivity index (χ3n) is 2.35. The molecular formula is C12H12N2O2S. The fourth-order valence-electron chi connectivity index (χ4n) is 1.45. The highest BCUT2D eigenvalue weighted by Crippen LogP contribution is 2.25. The van der Waals surface area contributed by atoms with Crippen LogP contribution in [0.15, 0.2) is 23.7 Å². The molecule has 17 heavy (non-hydrogen) atoms. The Labute approximate surface area is 103 Å². The first-order chi connectivity index (χ1) is 8.08. The fourth-order valence-corrected chi connectivity index (χ4v) is 2.14. The molecule has 1 aromatic carbocycles. The molecule has 88 valence electrons. The number of rotatable bonds is 2. The van der Waals surface area contributed by atoms with Crippen LogP contribution in [0, 0.1) is 13.8 Å². The molecule has 2 N–H and O–H groups in total. The monoisotopic (exact) mass is 248 g/mol. The second kappa shape index (κ2) is 4.55. The molecule has 0 radical (unpaired) electrons. The van der Waals surface area contributed by atoms with Crippen molar-refractivity contribution in [2.24, 2.45) is 0 Å². The summed E-state index contributed by atoms with van der Waals surface area (Å²) in [6, 6.07) is 5.11. The smallest absolute Gasteiger partial charge is 0.267 e. The molecule has 0 aliphatic carbocycles. The Morgan fingerprint density at radius 1 is 1.41 bits per heavy atom. The van der Waals surface area contributed by atoms with Crippen LogP contribution in [0.1, 0.15) is 20.9 Å². The molecule has 0 aliphatic rings. The summed E-state index contributed by atoms with van der Waals surface area (Å²) in [5.41, 5.74) is 3.67. The zero-order valence-electron chi connectivity index (χ0n) is 9.52. The SMILES string of the molecule is Cc1ccc(NC(=O)c2scnc2C)c(O)c1. The van der Waals surface area contributed by atoms with Crippen molar-refractivity contribution in [3.05, 3.63) is 39.8 Å². The summed E-state index contributed by atoms with van der Waals surface area (Å²) >= 11 is 1.28. The van der Waals surface area contributed by atoms with Gasteiger partial charge in [0, 0.05) is 0 Å². The van der Waals surface area contributed by atoms with Gasteiger partial charge in [0.05, 0.1) is 16.9 Å². The molecule has 0 bridgehead atoms. The number of nitrogens with one attached hydrogen (secondary N) is 1. The first-order valence-electron chi connectivity index (χ1n) is 5.09. The topological polar surface area (TPSA) is 62.2 Å². The Kier molecular flexibility index (Phi) is 3.10. The second-order valence-corrected chi connectivity index (χ2v) is 4.60. The number of nitrogens with zero attached hydrogens (tertiary/aromatic N) is 1. The highest BCUT2D eigenvalue weighted by molar-refractivity contribution is 7.12. The van der Waals surface area contributed by atoms with E-state index in [1.165, 1.54) is 11.3 Å². The van der Waals surface area contributed by atoms with Gasteiger partial charge in [0.25, 0.3) is 5.91 Å². The van der Waals surface area contributed by atoms with Gasteiger partial charge in [-0.2, -0.15) is 0 Å². The van der Waals surface area contributed by atoms with Gasteiger partial charge in [-0.15, -0.1) is 11.3 Å². The van der Waals surface area contributed by atoms with Gasteiger partial charge < -0.3 is 10.4 Å². The van der Waals surface area contributed by atoms with Crippen LogP contribution in [0.4, 0.5) is 5.69 Å². The number of benzene rings is 1. The summed E-state index contributed by atoms with van der Waals surface area (Å²) in [5.74, 6) is -0.176. The van der Waals surface area contributed by atoms with Gasteiger partial charge in [-0.3, -0.25) is 4.79 Å². The number of aromatic nitrogens is 1. The first kappa shape index (κ1) is 11.6. The van der Waals surface area contributed by atoms with Gasteiger partial charge in [-0.1, -0.05) is 6.07 Å². The zero-order chi connectivity index (χ0) is 12.4. The van der Waals surface area contributed by atoms with Gasteiger partial charge >= 0.3 is 0 Å². The molecule has 0 fully saturated rings. The maximum Gasteiger partial charge on any atom is 0.267 e. The number of thiazole rings is 1. The molecule has 2 rings (SSSR count). The molecule has 4 nitrogen and oxygen atoms in total. The quantitative estimate of drug-likeness (QED) is 0.803. The van der Waals surface area contributed by atoms with E-state index in [1.807, 2.05) is 13.0 Å². The van der Waals surface area contributed by atoms with E-state index in [4.69, 9.17) is 0 Å². The molecule has 0 aliphatic heterocycles. The van der Waals surface area contributed by atoms with Crippen LogP contribution in [0.25, 0.3) is 0 Å². The lowest BCUT2D eigenvalue weighted by atomic mass is 10.2. The Morgan fingerprint density at radius 2 is 2.18 bits per heavy atom. The van der Waals surface area contributed by atoms with Crippen molar-refractivity contribution >= 4 is 22.9 Å². The number of aryl methyl sites for hydroxylation is 2. The minimum absolute atomic E-state index is 0.0699. The summed E-state index contributed by atoms with van der Waals surface area (Å²) in [6.45, 7) is 3.65. The van der Waals surface area contributed by atoms with Crippen molar-refractivity contribution in [1.29, 1.82) is 0 Å². The highest BCUT2D eigenvalue weighted by Gasteiger charge is 2.13. The summed E-state index contributed by atoms with van der Waals surface area (Å²) in [7, 11) is 0. The molecule has 1 aromatic heterocycles. The number of hydrogen-bond donors (Lipinski definition) is 2. The molecule has 0 saturated heterocycles. The Balaban J connectivity index is 2.22. The van der Waals surface area contributed by atoms with Crippen molar-refractivity contribution in [2.45, 2.75) is 13.8 Å². The second-order valence-electron chi connectivity index (χ2n) is 3.74. The van der Waals surface area contributed by atoms with Gasteiger partial charge in [-0.25, -0.2) is 4.98 Å². The van der Waals surface area contributed by atoms with Gasteiger partial charge in [0.15, 0.2) is 0 Å². The maximum absolute atomic E-state index is 11.9. The van der Waals surface area contributed by atoms with Crippen LogP contribution in [0.2, 0.25) is 0 Å². The summed E-state index contributed by atoms with van der Waals surface area (Å²) in [4.78, 5) is 16.5. The Bertz CT molecular complexity index is 563. The molecule has 0 unspecified atom stereocenters. The van der Waals surface area contributed by atoms with E-state index >= 15 is 0 Å². The number of hydrogen-bond acceptors (Lipinski definition) is 4. The molecule has 0 spiro atoms. The lowest BCUT2D eigenvalue weighted by Gasteiger charge is -2.07. The average molecular weight is 248 g/mol. The van der Waals surface area contributed by atoms with E-state index in [-0.39, 0.29) is 11.7 Å². The first-order valence-corrected chi connectivity index (χ1v) is 5.97. The van der Waals surface area contributed by atoms with Crippen LogP contribution < -0.4 is 5.32 Å². The van der Waals surface area contributed by atoms with Crippen LogP contribution >= 0.6 is 11.3 Å². The summed E-state index contributed by atoms with van der Waals surface area (Å²) in [6.07, 6.45) is 0. The van der Waals surface area contributed by atoms with Crippen molar-refractivity contribution in [3.63, 3.8) is 0 Å². The molecule has 1 heterocycles. The van der Waals surface area contributed by atoms with Gasteiger partial charge in [0.1, 0.15) is 10.6 Å². The standard InChI is InChI=1S/C12H12N2O2S/c1-7-3-4-9(10(15)5-7)14-12(16)11-8(2)13-6-17-11/h3-6,15H,1-2H3,(H,14,16). The summed E-state index contributed by atoms with van der Waals surface area (Å²) < 4.78 is 0. The Morgan fingerprint density at radius 3 is 2.76 bits per heavy atom. The number of phenolic OH excluding ortho intramolecular Hbond substituents is 1. The zero-order valence-corrected chi connectivity index (χ0v) is 10.3. The molecule has 1 amide bonds. The number of carbonyl (C=O) groups excluding carboxylic acids is 1. The predicted molar refractivity (Wildman–Crippen MR) is 67.6 cm³/mol. The number of anilines is 1. The molecule has 0 saturated carbocycles. The van der Waals surface area contributed by atoms with E-state index in [1.54, 1.807) is 24.6 Å². The highest BCUT2D eigenvalue weighted by atomic mass is 32.1. The number of phenols is 1. The van der Waals surface area contributed by atoms with Crippen molar-refractivity contribution in [2.75, 3.05) is 5.32 Å². The van der Waals surface area contributed by atoms with Crippen LogP contribution in [-0.4, -0.2) is 16.0 Å². The van der Waals surface area contributed by atoms with Crippen LogP contribution in [-0.2, 0) is 0 Å². The van der Waals surface area contributed by atoms with Crippen LogP contribution in [0.5, 0.6) is 5.75 Å². The normalized spacial score (nSPS) is 10.2. The van der Waals surface area contributed by atoms with E-state index in [2.05, 4.69) is 10.3 Å². The van der Waals surface area contributed by atoms with E-state index in [9.17, 15) is 9.90 Å². The van der Waals surface area contributed by atoms with E-state index in [0.29, 0.717) is 16.3 Å². The molecule has 0 atom stereocenters. The molecular weight excluding hydrogens is 236 g/mol. The number of aromatic hydroxyl groups is 1. The van der Waals surface area contributed by atoms with E-state index < -0.39 is 0 Å². The third kappa shape index (κ3) is 2.45. The lowest BCUT2D eigenvalue weighted by molar-refractivity contribution is 0.102. The van der Waals surface area contributed by atoms with Gasteiger partial charge in [0.2, 0.25) is 0 Å². The van der Waals surface area contributed by atoms with Gasteiger partial charge in [-0.05, 0) is 31.5 Å². The maximum atomic E-state index is 11.9.